The van der Waals surface area contributed by atoms with Crippen molar-refractivity contribution in [3.63, 3.8) is 0 Å². The highest BCUT2D eigenvalue weighted by molar-refractivity contribution is 7.49. The highest BCUT2D eigenvalue weighted by atomic mass is 31.2. The molecule has 86 valence electrons. The van der Waals surface area contributed by atoms with Gasteiger partial charge in [0, 0.05) is 5.69 Å². The highest BCUT2D eigenvalue weighted by Gasteiger charge is 2.42. The molecular formula is C12H16NO2P. The van der Waals surface area contributed by atoms with E-state index in [4.69, 9.17) is 9.05 Å². The topological polar surface area (TPSA) is 21.7 Å². The Morgan fingerprint density at radius 1 is 1.44 bits per heavy atom. The van der Waals surface area contributed by atoms with Crippen LogP contribution in [0.15, 0.2) is 24.3 Å². The Balaban J connectivity index is 1.88. The summed E-state index contributed by atoms with van der Waals surface area (Å²) in [5.74, 6) is 0. The molecular weight excluding hydrogens is 221 g/mol. The van der Waals surface area contributed by atoms with Gasteiger partial charge < -0.3 is 13.7 Å². The van der Waals surface area contributed by atoms with E-state index < -0.39 is 8.53 Å². The van der Waals surface area contributed by atoms with Crippen molar-refractivity contribution in [2.75, 3.05) is 11.3 Å². The number of rotatable bonds is 2. The van der Waals surface area contributed by atoms with Gasteiger partial charge in [0.05, 0.1) is 18.8 Å². The Morgan fingerprint density at radius 3 is 3.06 bits per heavy atom. The molecule has 2 atom stereocenters. The Bertz CT molecular complexity index is 396. The van der Waals surface area contributed by atoms with Crippen LogP contribution >= 0.6 is 8.53 Å². The molecule has 0 amide bonds. The maximum Gasteiger partial charge on any atom is 0.290 e. The summed E-state index contributed by atoms with van der Waals surface area (Å²) in [4.78, 5) is 0. The normalized spacial score (nSPS) is 27.3. The van der Waals surface area contributed by atoms with E-state index in [1.54, 1.807) is 0 Å². The molecule has 4 heteroatoms. The maximum absolute atomic E-state index is 5.85. The van der Waals surface area contributed by atoms with Gasteiger partial charge in [0.15, 0.2) is 0 Å². The van der Waals surface area contributed by atoms with E-state index in [0.717, 1.165) is 13.0 Å². The molecule has 2 aliphatic heterocycles. The molecule has 0 saturated carbocycles. The van der Waals surface area contributed by atoms with Gasteiger partial charge in [-0.05, 0) is 31.9 Å². The average Bonchev–Trinajstić information content (AvgIpc) is 2.77. The van der Waals surface area contributed by atoms with E-state index in [-0.39, 0.29) is 6.10 Å². The monoisotopic (exact) mass is 237 g/mol. The first-order chi connectivity index (χ1) is 7.75. The standard InChI is InChI=1S/C12H16NO2P/c1-9(2)15-16-13-11(8-14-16)7-10-5-3-4-6-12(10)13/h3-6,9,11H,7-8H2,1-2H3/t11-,16+/m0/s1. The molecule has 1 aromatic carbocycles. The fraction of sp³-hybridized carbons (Fsp3) is 0.500. The van der Waals surface area contributed by atoms with Crippen LogP contribution < -0.4 is 4.67 Å². The van der Waals surface area contributed by atoms with Crippen LogP contribution in [0.1, 0.15) is 19.4 Å². The van der Waals surface area contributed by atoms with E-state index in [9.17, 15) is 0 Å². The van der Waals surface area contributed by atoms with Gasteiger partial charge >= 0.3 is 0 Å². The van der Waals surface area contributed by atoms with E-state index in [1.165, 1.54) is 11.3 Å². The largest absolute Gasteiger partial charge is 0.315 e. The van der Waals surface area contributed by atoms with E-state index in [0.29, 0.717) is 6.04 Å². The van der Waals surface area contributed by atoms with Crippen molar-refractivity contribution < 1.29 is 9.05 Å². The van der Waals surface area contributed by atoms with Crippen LogP contribution in [-0.2, 0) is 15.5 Å². The predicted octanol–water partition coefficient (Wildman–Crippen LogP) is 3.10. The number of para-hydroxylation sites is 1. The lowest BCUT2D eigenvalue weighted by Gasteiger charge is -2.24. The van der Waals surface area contributed by atoms with Gasteiger partial charge in [0.1, 0.15) is 0 Å². The molecule has 0 bridgehead atoms. The number of fused-ring (bicyclic) bond motifs is 3. The van der Waals surface area contributed by atoms with Gasteiger partial charge in [-0.2, -0.15) is 0 Å². The molecule has 2 heterocycles. The third-order valence-corrected chi connectivity index (χ3v) is 4.76. The molecule has 0 N–H and O–H groups in total. The summed E-state index contributed by atoms with van der Waals surface area (Å²) < 4.78 is 13.9. The van der Waals surface area contributed by atoms with Crippen molar-refractivity contribution >= 4 is 14.2 Å². The number of nitrogens with zero attached hydrogens (tertiary/aromatic N) is 1. The molecule has 1 aromatic rings. The van der Waals surface area contributed by atoms with E-state index >= 15 is 0 Å². The summed E-state index contributed by atoms with van der Waals surface area (Å²) in [5.41, 5.74) is 2.73. The molecule has 0 unspecified atom stereocenters. The SMILES string of the molecule is CC(C)O[P@@]1OC[C@@H]2Cc3ccccc3N21. The van der Waals surface area contributed by atoms with Crippen LogP contribution in [0.25, 0.3) is 0 Å². The zero-order valence-corrected chi connectivity index (χ0v) is 10.5. The lowest BCUT2D eigenvalue weighted by molar-refractivity contribution is 0.221. The van der Waals surface area contributed by atoms with Crippen LogP contribution in [0.5, 0.6) is 0 Å². The van der Waals surface area contributed by atoms with Gasteiger partial charge in [-0.1, -0.05) is 18.2 Å². The predicted molar refractivity (Wildman–Crippen MR) is 65.5 cm³/mol. The summed E-state index contributed by atoms with van der Waals surface area (Å²) in [5, 5.41) is 0. The zero-order valence-electron chi connectivity index (χ0n) is 9.59. The third kappa shape index (κ3) is 1.64. The molecule has 0 spiro atoms. The van der Waals surface area contributed by atoms with Gasteiger partial charge in [-0.3, -0.25) is 0 Å². The van der Waals surface area contributed by atoms with Gasteiger partial charge in [0.25, 0.3) is 8.53 Å². The molecule has 2 aliphatic rings. The smallest absolute Gasteiger partial charge is 0.290 e. The van der Waals surface area contributed by atoms with Crippen molar-refractivity contribution in [3.05, 3.63) is 29.8 Å². The first-order valence-electron chi connectivity index (χ1n) is 5.72. The van der Waals surface area contributed by atoms with Crippen molar-refractivity contribution in [1.29, 1.82) is 0 Å². The Labute approximate surface area is 97.3 Å². The Kier molecular flexibility index (Phi) is 2.62. The quantitative estimate of drug-likeness (QED) is 0.738. The van der Waals surface area contributed by atoms with E-state index in [1.807, 2.05) is 0 Å². The highest BCUT2D eigenvalue weighted by Crippen LogP contribution is 2.56. The summed E-state index contributed by atoms with van der Waals surface area (Å²) in [7, 11) is -0.878. The van der Waals surface area contributed by atoms with Crippen molar-refractivity contribution in [3.8, 4) is 0 Å². The molecule has 0 aromatic heterocycles. The second-order valence-electron chi connectivity index (χ2n) is 4.52. The van der Waals surface area contributed by atoms with Crippen molar-refractivity contribution in [2.45, 2.75) is 32.4 Å². The fourth-order valence-electron chi connectivity index (χ4n) is 2.27. The minimum Gasteiger partial charge on any atom is -0.315 e. The van der Waals surface area contributed by atoms with Gasteiger partial charge in [-0.15, -0.1) is 0 Å². The lowest BCUT2D eigenvalue weighted by atomic mass is 10.1. The van der Waals surface area contributed by atoms with Crippen LogP contribution in [0, 0.1) is 0 Å². The molecule has 0 radical (unpaired) electrons. The molecule has 3 rings (SSSR count). The third-order valence-electron chi connectivity index (χ3n) is 2.89. The fourth-order valence-corrected chi connectivity index (χ4v) is 4.00. The molecule has 1 fully saturated rings. The van der Waals surface area contributed by atoms with Gasteiger partial charge in [0.2, 0.25) is 0 Å². The van der Waals surface area contributed by atoms with Crippen molar-refractivity contribution in [2.24, 2.45) is 0 Å². The van der Waals surface area contributed by atoms with Crippen LogP contribution in [0.3, 0.4) is 0 Å². The lowest BCUT2D eigenvalue weighted by Crippen LogP contribution is -2.23. The summed E-state index contributed by atoms with van der Waals surface area (Å²) in [6, 6.07) is 9.05. The molecule has 3 nitrogen and oxygen atoms in total. The molecule has 0 aliphatic carbocycles. The number of anilines is 1. The summed E-state index contributed by atoms with van der Waals surface area (Å²) >= 11 is 0. The summed E-state index contributed by atoms with van der Waals surface area (Å²) in [6.07, 6.45) is 1.31. The Hall–Kier alpha value is -0.630. The maximum atomic E-state index is 5.85. The number of hydrogen-bond acceptors (Lipinski definition) is 3. The molecule has 1 saturated heterocycles. The second-order valence-corrected chi connectivity index (χ2v) is 5.89. The zero-order chi connectivity index (χ0) is 11.1. The van der Waals surface area contributed by atoms with Crippen LogP contribution in [0.4, 0.5) is 5.69 Å². The summed E-state index contributed by atoms with van der Waals surface area (Å²) in [6.45, 7) is 4.91. The number of benzene rings is 1. The first-order valence-corrected chi connectivity index (χ1v) is 6.85. The minimum absolute atomic E-state index is 0.220. The Morgan fingerprint density at radius 2 is 2.25 bits per heavy atom. The average molecular weight is 237 g/mol. The van der Waals surface area contributed by atoms with Crippen LogP contribution in [-0.4, -0.2) is 18.8 Å². The first kappa shape index (κ1) is 10.5. The molecule has 16 heavy (non-hydrogen) atoms. The van der Waals surface area contributed by atoms with Gasteiger partial charge in [-0.25, -0.2) is 0 Å². The van der Waals surface area contributed by atoms with E-state index in [2.05, 4.69) is 42.8 Å². The number of hydrogen-bond donors (Lipinski definition) is 0. The van der Waals surface area contributed by atoms with Crippen molar-refractivity contribution in [1.82, 2.24) is 0 Å². The van der Waals surface area contributed by atoms with Crippen LogP contribution in [0.2, 0.25) is 0 Å². The minimum atomic E-state index is -0.878. The second kappa shape index (κ2) is 3.99.